The van der Waals surface area contributed by atoms with Crippen molar-refractivity contribution >= 4 is 46.0 Å². The van der Waals surface area contributed by atoms with Crippen LogP contribution in [0.3, 0.4) is 0 Å². The molecule has 1 N–H and O–H groups in total. The highest BCUT2D eigenvalue weighted by molar-refractivity contribution is 8.00. The second kappa shape index (κ2) is 11.2. The second-order valence-corrected chi connectivity index (χ2v) is 9.41. The number of amides is 1. The minimum absolute atomic E-state index is 0.0981. The number of ether oxygens (including phenoxy) is 3. The molecular weight excluding hydrogens is 534 g/mol. The smallest absolute Gasteiger partial charge is 0.332 e. The van der Waals surface area contributed by atoms with Crippen molar-refractivity contribution in [2.24, 2.45) is 14.1 Å². The number of benzene rings is 2. The number of thioether (sulfide) groups is 1. The van der Waals surface area contributed by atoms with E-state index in [4.69, 9.17) is 25.8 Å². The molecule has 2 aromatic heterocycles. The Bertz CT molecular complexity index is 1670. The van der Waals surface area contributed by atoms with Crippen LogP contribution in [-0.2, 0) is 18.9 Å². The molecule has 38 heavy (non-hydrogen) atoms. The van der Waals surface area contributed by atoms with E-state index in [1.165, 1.54) is 40.0 Å². The number of anilines is 1. The van der Waals surface area contributed by atoms with E-state index >= 15 is 0 Å². The molecule has 2 heterocycles. The molecular formula is C25H24ClN5O6S. The number of carbonyl (C=O) groups excluding carboxylic acids is 1. The Morgan fingerprint density at radius 1 is 0.947 bits per heavy atom. The summed E-state index contributed by atoms with van der Waals surface area (Å²) in [5, 5.41) is 3.55. The Hall–Kier alpha value is -4.03. The summed E-state index contributed by atoms with van der Waals surface area (Å²) in [4.78, 5) is 47.7. The number of nitrogens with zero attached hydrogens (tertiary/aromatic N) is 4. The van der Waals surface area contributed by atoms with Gasteiger partial charge in [0.05, 0.1) is 32.8 Å². The lowest BCUT2D eigenvalue weighted by atomic mass is 10.2. The van der Waals surface area contributed by atoms with E-state index in [9.17, 15) is 14.4 Å². The highest BCUT2D eigenvalue weighted by Gasteiger charge is 2.20. The average molecular weight is 558 g/mol. The lowest BCUT2D eigenvalue weighted by Gasteiger charge is -2.14. The molecule has 0 aliphatic carbocycles. The summed E-state index contributed by atoms with van der Waals surface area (Å²) in [6.07, 6.45) is 0. The predicted octanol–water partition coefficient (Wildman–Crippen LogP) is 3.10. The molecule has 11 nitrogen and oxygen atoms in total. The number of hydrogen-bond acceptors (Lipinski definition) is 9. The van der Waals surface area contributed by atoms with Crippen molar-refractivity contribution in [2.75, 3.05) is 32.4 Å². The minimum atomic E-state index is -0.568. The van der Waals surface area contributed by atoms with Crippen molar-refractivity contribution in [3.63, 3.8) is 0 Å². The maximum atomic E-state index is 13.1. The number of aromatic nitrogens is 4. The number of methoxy groups -OCH3 is 3. The van der Waals surface area contributed by atoms with Gasteiger partial charge >= 0.3 is 5.69 Å². The average Bonchev–Trinajstić information content (AvgIpc) is 2.93. The Morgan fingerprint density at radius 2 is 1.63 bits per heavy atom. The summed E-state index contributed by atoms with van der Waals surface area (Å²) < 4.78 is 18.2. The van der Waals surface area contributed by atoms with Crippen molar-refractivity contribution in [3.8, 4) is 28.6 Å². The molecule has 0 spiro atoms. The Labute approximate surface area is 226 Å². The number of rotatable bonds is 8. The van der Waals surface area contributed by atoms with Gasteiger partial charge in [0.1, 0.15) is 16.2 Å². The van der Waals surface area contributed by atoms with E-state index in [2.05, 4.69) is 15.3 Å². The Kier molecular flexibility index (Phi) is 7.93. The van der Waals surface area contributed by atoms with E-state index in [1.54, 1.807) is 36.4 Å². The van der Waals surface area contributed by atoms with Gasteiger partial charge in [0.15, 0.2) is 23.0 Å². The van der Waals surface area contributed by atoms with Crippen LogP contribution in [0.1, 0.15) is 0 Å². The van der Waals surface area contributed by atoms with Crippen molar-refractivity contribution in [3.05, 3.63) is 62.3 Å². The van der Waals surface area contributed by atoms with Crippen LogP contribution in [0.25, 0.3) is 22.4 Å². The molecule has 0 fully saturated rings. The van der Waals surface area contributed by atoms with Gasteiger partial charge in [-0.15, -0.1) is 0 Å². The first kappa shape index (κ1) is 27.0. The molecule has 0 saturated heterocycles. The molecule has 4 aromatic rings. The lowest BCUT2D eigenvalue weighted by molar-refractivity contribution is -0.113. The molecule has 0 atom stereocenters. The van der Waals surface area contributed by atoms with E-state index in [0.717, 1.165) is 16.3 Å². The molecule has 2 aromatic carbocycles. The van der Waals surface area contributed by atoms with Crippen LogP contribution in [0.15, 0.2) is 51.0 Å². The van der Waals surface area contributed by atoms with Gasteiger partial charge in [-0.2, -0.15) is 0 Å². The molecule has 0 unspecified atom stereocenters. The lowest BCUT2D eigenvalue weighted by Crippen LogP contribution is -2.37. The molecule has 1 amide bonds. The zero-order valence-electron chi connectivity index (χ0n) is 21.2. The fraction of sp³-hybridized carbons (Fsp3) is 0.240. The van der Waals surface area contributed by atoms with Crippen molar-refractivity contribution in [2.45, 2.75) is 5.03 Å². The highest BCUT2D eigenvalue weighted by atomic mass is 35.5. The summed E-state index contributed by atoms with van der Waals surface area (Å²) >= 11 is 7.10. The summed E-state index contributed by atoms with van der Waals surface area (Å²) in [5.41, 5.74) is -0.00463. The third-order valence-corrected chi connectivity index (χ3v) is 6.89. The van der Waals surface area contributed by atoms with Crippen LogP contribution in [0.5, 0.6) is 17.2 Å². The van der Waals surface area contributed by atoms with Crippen LogP contribution in [-0.4, -0.2) is 52.1 Å². The minimum Gasteiger partial charge on any atom is -0.495 e. The van der Waals surface area contributed by atoms with Gasteiger partial charge in [0.25, 0.3) is 5.56 Å². The van der Waals surface area contributed by atoms with Gasteiger partial charge in [0, 0.05) is 24.7 Å². The number of hydrogen-bond donors (Lipinski definition) is 1. The zero-order valence-corrected chi connectivity index (χ0v) is 22.8. The Morgan fingerprint density at radius 3 is 2.32 bits per heavy atom. The molecule has 198 valence electrons. The molecule has 0 aliphatic rings. The van der Waals surface area contributed by atoms with Gasteiger partial charge in [-0.3, -0.25) is 18.7 Å². The largest absolute Gasteiger partial charge is 0.495 e. The van der Waals surface area contributed by atoms with Crippen LogP contribution in [0, 0.1) is 0 Å². The van der Waals surface area contributed by atoms with Crippen LogP contribution < -0.4 is 30.8 Å². The monoisotopic (exact) mass is 557 g/mol. The first-order chi connectivity index (χ1) is 18.2. The van der Waals surface area contributed by atoms with E-state index in [1.807, 2.05) is 0 Å². The van der Waals surface area contributed by atoms with E-state index in [-0.39, 0.29) is 33.5 Å². The van der Waals surface area contributed by atoms with Crippen molar-refractivity contribution < 1.29 is 19.0 Å². The first-order valence-electron chi connectivity index (χ1n) is 11.1. The van der Waals surface area contributed by atoms with Crippen LogP contribution in [0.4, 0.5) is 5.69 Å². The number of carbonyl (C=O) groups is 1. The fourth-order valence-electron chi connectivity index (χ4n) is 3.74. The third-order valence-electron chi connectivity index (χ3n) is 5.68. The van der Waals surface area contributed by atoms with Gasteiger partial charge in [-0.1, -0.05) is 23.4 Å². The molecule has 4 rings (SSSR count). The topological polar surface area (TPSA) is 127 Å². The number of fused-ring (bicyclic) bond motifs is 1. The summed E-state index contributed by atoms with van der Waals surface area (Å²) in [7, 11) is 7.40. The first-order valence-corrected chi connectivity index (χ1v) is 12.5. The van der Waals surface area contributed by atoms with Crippen molar-refractivity contribution in [1.29, 1.82) is 0 Å². The maximum Gasteiger partial charge on any atom is 0.332 e. The maximum absolute atomic E-state index is 13.1. The van der Waals surface area contributed by atoms with E-state index in [0.29, 0.717) is 33.5 Å². The number of aryl methyl sites for hydroxylation is 1. The summed E-state index contributed by atoms with van der Waals surface area (Å²) in [6, 6.07) is 9.98. The van der Waals surface area contributed by atoms with Crippen molar-refractivity contribution in [1.82, 2.24) is 19.1 Å². The molecule has 0 bridgehead atoms. The molecule has 13 heteroatoms. The SMILES string of the molecule is COc1ccc(Cl)cc1NC(=O)CSc1nc(-c2ccc(OC)c(OC)c2)nc2c1c(=O)n(C)c(=O)n2C. The van der Waals surface area contributed by atoms with Crippen LogP contribution in [0.2, 0.25) is 5.02 Å². The standard InChI is InChI=1S/C25H24ClN5O6S/c1-30-22-20(24(33)31(2)25(30)34)23(29-21(28-22)13-6-8-17(36-4)18(10-13)37-5)38-12-19(32)27-15-11-14(26)7-9-16(15)35-3/h6-11H,12H2,1-5H3,(H,27,32). The van der Waals surface area contributed by atoms with Gasteiger partial charge in [-0.25, -0.2) is 14.8 Å². The molecule has 0 radical (unpaired) electrons. The number of halogens is 1. The predicted molar refractivity (Wildman–Crippen MR) is 146 cm³/mol. The molecule has 0 saturated carbocycles. The van der Waals surface area contributed by atoms with E-state index < -0.39 is 11.2 Å². The molecule has 0 aliphatic heterocycles. The van der Waals surface area contributed by atoms with Gasteiger partial charge in [-0.05, 0) is 36.4 Å². The normalized spacial score (nSPS) is 10.9. The van der Waals surface area contributed by atoms with Crippen LogP contribution >= 0.6 is 23.4 Å². The second-order valence-electron chi connectivity index (χ2n) is 8.01. The zero-order chi connectivity index (χ0) is 27.6. The number of nitrogens with one attached hydrogen (secondary N) is 1. The third kappa shape index (κ3) is 5.18. The Balaban J connectivity index is 1.78. The van der Waals surface area contributed by atoms with Gasteiger partial charge in [0.2, 0.25) is 5.91 Å². The summed E-state index contributed by atoms with van der Waals surface area (Å²) in [5.74, 6) is 1.17. The summed E-state index contributed by atoms with van der Waals surface area (Å²) in [6.45, 7) is 0. The fourth-order valence-corrected chi connectivity index (χ4v) is 4.72. The van der Waals surface area contributed by atoms with Gasteiger partial charge < -0.3 is 19.5 Å². The highest BCUT2D eigenvalue weighted by Crippen LogP contribution is 2.33. The quantitative estimate of drug-likeness (QED) is 0.257.